The molecule has 1 aromatic rings. The Morgan fingerprint density at radius 3 is 2.64 bits per heavy atom. The molecule has 0 radical (unpaired) electrons. The summed E-state index contributed by atoms with van der Waals surface area (Å²) in [6.07, 6.45) is 4.13. The first-order valence-corrected chi connectivity index (χ1v) is 8.80. The van der Waals surface area contributed by atoms with Gasteiger partial charge in [-0.15, -0.1) is 0 Å². The normalized spacial score (nSPS) is 19.8. The number of ether oxygens (including phenoxy) is 1. The summed E-state index contributed by atoms with van der Waals surface area (Å²) < 4.78 is 5.13. The molecule has 2 aliphatic heterocycles. The van der Waals surface area contributed by atoms with Crippen molar-refractivity contribution in [3.63, 3.8) is 0 Å². The van der Waals surface area contributed by atoms with Gasteiger partial charge < -0.3 is 19.4 Å². The van der Waals surface area contributed by atoms with Gasteiger partial charge in [0.1, 0.15) is 6.04 Å². The molecule has 8 nitrogen and oxygen atoms in total. The van der Waals surface area contributed by atoms with E-state index >= 15 is 0 Å². The molecule has 0 saturated carbocycles. The monoisotopic (exact) mass is 347 g/mol. The molecule has 0 aliphatic carbocycles. The smallest absolute Gasteiger partial charge is 0.245 e. The number of piperidine rings is 1. The summed E-state index contributed by atoms with van der Waals surface area (Å²) in [5, 5.41) is 0. The number of nitrogens with zero attached hydrogens (tertiary/aromatic N) is 5. The van der Waals surface area contributed by atoms with Gasteiger partial charge in [-0.2, -0.15) is 4.98 Å². The maximum absolute atomic E-state index is 12.7. The highest BCUT2D eigenvalue weighted by atomic mass is 16.5. The summed E-state index contributed by atoms with van der Waals surface area (Å²) >= 11 is 0. The van der Waals surface area contributed by atoms with E-state index in [4.69, 9.17) is 4.74 Å². The van der Waals surface area contributed by atoms with Crippen molar-refractivity contribution in [3.05, 3.63) is 12.3 Å². The van der Waals surface area contributed by atoms with Crippen LogP contribution in [0.25, 0.3) is 0 Å². The Bertz CT molecular complexity index is 630. The van der Waals surface area contributed by atoms with Crippen molar-refractivity contribution < 1.29 is 14.3 Å². The SMILES string of the molecule is COc1ccnc(N2CCN(C(=O)[C@H](C)N3CCCCC3=O)CC2)n1. The van der Waals surface area contributed by atoms with Gasteiger partial charge in [-0.05, 0) is 19.8 Å². The molecule has 0 unspecified atom stereocenters. The average Bonchev–Trinajstić information content (AvgIpc) is 2.67. The third kappa shape index (κ3) is 3.83. The lowest BCUT2D eigenvalue weighted by atomic mass is 10.1. The average molecular weight is 347 g/mol. The van der Waals surface area contributed by atoms with E-state index in [-0.39, 0.29) is 17.9 Å². The molecule has 0 N–H and O–H groups in total. The largest absolute Gasteiger partial charge is 0.481 e. The minimum atomic E-state index is -0.382. The summed E-state index contributed by atoms with van der Waals surface area (Å²) in [6, 6.07) is 1.33. The van der Waals surface area contributed by atoms with E-state index in [0.717, 1.165) is 12.8 Å². The third-order valence-corrected chi connectivity index (χ3v) is 4.89. The number of aromatic nitrogens is 2. The Morgan fingerprint density at radius 1 is 1.20 bits per heavy atom. The summed E-state index contributed by atoms with van der Waals surface area (Å²) in [6.45, 7) is 5.06. The summed E-state index contributed by atoms with van der Waals surface area (Å²) in [5.41, 5.74) is 0. The zero-order chi connectivity index (χ0) is 17.8. The first kappa shape index (κ1) is 17.4. The van der Waals surface area contributed by atoms with Crippen LogP contribution in [0, 0.1) is 0 Å². The molecule has 2 fully saturated rings. The predicted molar refractivity (Wildman–Crippen MR) is 92.4 cm³/mol. The van der Waals surface area contributed by atoms with E-state index < -0.39 is 0 Å². The van der Waals surface area contributed by atoms with Gasteiger partial charge in [0.2, 0.25) is 23.6 Å². The van der Waals surface area contributed by atoms with E-state index in [1.54, 1.807) is 24.3 Å². The van der Waals surface area contributed by atoms with Gasteiger partial charge >= 0.3 is 0 Å². The van der Waals surface area contributed by atoms with Crippen LogP contribution in [-0.2, 0) is 9.59 Å². The van der Waals surface area contributed by atoms with Gasteiger partial charge in [0.15, 0.2) is 0 Å². The molecule has 2 amide bonds. The molecule has 3 rings (SSSR count). The molecule has 8 heteroatoms. The Hall–Kier alpha value is -2.38. The van der Waals surface area contributed by atoms with E-state index in [1.807, 2.05) is 16.7 Å². The lowest BCUT2D eigenvalue weighted by molar-refractivity contribution is -0.146. The number of carbonyl (C=O) groups excluding carboxylic acids is 2. The maximum atomic E-state index is 12.7. The van der Waals surface area contributed by atoms with Crippen molar-refractivity contribution in [1.82, 2.24) is 19.8 Å². The van der Waals surface area contributed by atoms with Crippen LogP contribution in [0.2, 0.25) is 0 Å². The molecular formula is C17H25N5O3. The molecule has 1 atom stereocenters. The number of piperazine rings is 1. The van der Waals surface area contributed by atoms with Crippen LogP contribution >= 0.6 is 0 Å². The van der Waals surface area contributed by atoms with Crippen molar-refractivity contribution >= 4 is 17.8 Å². The van der Waals surface area contributed by atoms with Gasteiger partial charge in [0.25, 0.3) is 0 Å². The fourth-order valence-corrected chi connectivity index (χ4v) is 3.36. The fourth-order valence-electron chi connectivity index (χ4n) is 3.36. The number of carbonyl (C=O) groups is 2. The van der Waals surface area contributed by atoms with Crippen LogP contribution in [0.4, 0.5) is 5.95 Å². The fraction of sp³-hybridized carbons (Fsp3) is 0.647. The van der Waals surface area contributed by atoms with Crippen LogP contribution in [0.3, 0.4) is 0 Å². The van der Waals surface area contributed by atoms with E-state index in [2.05, 4.69) is 9.97 Å². The molecule has 25 heavy (non-hydrogen) atoms. The second kappa shape index (κ2) is 7.67. The van der Waals surface area contributed by atoms with E-state index in [0.29, 0.717) is 51.0 Å². The molecule has 0 bridgehead atoms. The van der Waals surface area contributed by atoms with Crippen molar-refractivity contribution in [2.75, 3.05) is 44.7 Å². The zero-order valence-electron chi connectivity index (χ0n) is 14.8. The van der Waals surface area contributed by atoms with Crippen molar-refractivity contribution in [2.24, 2.45) is 0 Å². The zero-order valence-corrected chi connectivity index (χ0v) is 14.8. The van der Waals surface area contributed by atoms with E-state index in [9.17, 15) is 9.59 Å². The highest BCUT2D eigenvalue weighted by Crippen LogP contribution is 2.18. The number of hydrogen-bond acceptors (Lipinski definition) is 6. The van der Waals surface area contributed by atoms with Crippen LogP contribution in [-0.4, -0.2) is 77.5 Å². The van der Waals surface area contributed by atoms with Gasteiger partial charge in [-0.1, -0.05) is 0 Å². The number of rotatable bonds is 4. The molecule has 136 valence electrons. The number of anilines is 1. The minimum Gasteiger partial charge on any atom is -0.481 e. The molecule has 0 aromatic carbocycles. The standard InChI is InChI=1S/C17H25N5O3/c1-13(22-8-4-3-5-15(22)23)16(24)20-9-11-21(12-10-20)17-18-7-6-14(19-17)25-2/h6-7,13H,3-5,8-12H2,1-2H3/t13-/m0/s1. The molecule has 3 heterocycles. The Balaban J connectivity index is 1.57. The van der Waals surface area contributed by atoms with Crippen LogP contribution < -0.4 is 9.64 Å². The Morgan fingerprint density at radius 2 is 1.96 bits per heavy atom. The highest BCUT2D eigenvalue weighted by molar-refractivity contribution is 5.87. The predicted octanol–water partition coefficient (Wildman–Crippen LogP) is 0.535. The number of amides is 2. The van der Waals surface area contributed by atoms with Crippen LogP contribution in [0.1, 0.15) is 26.2 Å². The Kier molecular flexibility index (Phi) is 5.35. The van der Waals surface area contributed by atoms with Gasteiger partial charge in [0, 0.05) is 51.4 Å². The summed E-state index contributed by atoms with van der Waals surface area (Å²) in [5.74, 6) is 1.27. The summed E-state index contributed by atoms with van der Waals surface area (Å²) in [7, 11) is 1.58. The topological polar surface area (TPSA) is 78.9 Å². The second-order valence-electron chi connectivity index (χ2n) is 6.43. The first-order chi connectivity index (χ1) is 12.1. The molecule has 2 saturated heterocycles. The molecule has 2 aliphatic rings. The minimum absolute atomic E-state index is 0.0291. The number of methoxy groups -OCH3 is 1. The van der Waals surface area contributed by atoms with Gasteiger partial charge in [-0.3, -0.25) is 9.59 Å². The van der Waals surface area contributed by atoms with Crippen LogP contribution in [0.5, 0.6) is 5.88 Å². The van der Waals surface area contributed by atoms with Crippen molar-refractivity contribution in [2.45, 2.75) is 32.2 Å². The van der Waals surface area contributed by atoms with Gasteiger partial charge in [-0.25, -0.2) is 4.98 Å². The first-order valence-electron chi connectivity index (χ1n) is 8.80. The maximum Gasteiger partial charge on any atom is 0.245 e. The molecular weight excluding hydrogens is 322 g/mol. The van der Waals surface area contributed by atoms with E-state index in [1.165, 1.54) is 0 Å². The lowest BCUT2D eigenvalue weighted by Gasteiger charge is -2.39. The van der Waals surface area contributed by atoms with Crippen LogP contribution in [0.15, 0.2) is 12.3 Å². The number of likely N-dealkylation sites (tertiary alicyclic amines) is 1. The number of hydrogen-bond donors (Lipinski definition) is 0. The Labute approximate surface area is 147 Å². The van der Waals surface area contributed by atoms with Gasteiger partial charge in [0.05, 0.1) is 7.11 Å². The molecule has 0 spiro atoms. The van der Waals surface area contributed by atoms with Crippen molar-refractivity contribution in [1.29, 1.82) is 0 Å². The lowest BCUT2D eigenvalue weighted by Crippen LogP contribution is -2.56. The summed E-state index contributed by atoms with van der Waals surface area (Å²) in [4.78, 5) is 39.0. The van der Waals surface area contributed by atoms with Crippen molar-refractivity contribution in [3.8, 4) is 5.88 Å². The molecule has 1 aromatic heterocycles. The third-order valence-electron chi connectivity index (χ3n) is 4.89. The highest BCUT2D eigenvalue weighted by Gasteiger charge is 2.32. The quantitative estimate of drug-likeness (QED) is 0.791. The second-order valence-corrected chi connectivity index (χ2v) is 6.43.